The van der Waals surface area contributed by atoms with Gasteiger partial charge in [0.1, 0.15) is 0 Å². The Hall–Kier alpha value is -0.610. The lowest BCUT2D eigenvalue weighted by Crippen LogP contribution is -2.56. The van der Waals surface area contributed by atoms with Crippen LogP contribution in [0.1, 0.15) is 46.0 Å². The van der Waals surface area contributed by atoms with Gasteiger partial charge in [0, 0.05) is 13.1 Å². The highest BCUT2D eigenvalue weighted by atomic mass is 16.1. The maximum absolute atomic E-state index is 11.9. The number of hydrogen-bond donors (Lipinski definition) is 2. The van der Waals surface area contributed by atoms with Crippen LogP contribution in [0.15, 0.2) is 0 Å². The summed E-state index contributed by atoms with van der Waals surface area (Å²) in [5.74, 6) is -0.182. The Morgan fingerprint density at radius 2 is 1.89 bits per heavy atom. The number of amides is 1. The zero-order valence-corrected chi connectivity index (χ0v) is 12.4. The highest BCUT2D eigenvalue weighted by molar-refractivity contribution is 5.84. The Kier molecular flexibility index (Phi) is 5.17. The summed E-state index contributed by atoms with van der Waals surface area (Å²) >= 11 is 0. The van der Waals surface area contributed by atoms with Crippen LogP contribution in [0.5, 0.6) is 0 Å². The molecule has 1 unspecified atom stereocenters. The van der Waals surface area contributed by atoms with Gasteiger partial charge in [-0.1, -0.05) is 20.3 Å². The third-order valence-corrected chi connectivity index (χ3v) is 4.18. The lowest BCUT2D eigenvalue weighted by atomic mass is 9.83. The summed E-state index contributed by atoms with van der Waals surface area (Å²) in [6.07, 6.45) is 5.05. The van der Waals surface area contributed by atoms with E-state index in [0.29, 0.717) is 5.41 Å². The molecule has 1 saturated carbocycles. The summed E-state index contributed by atoms with van der Waals surface area (Å²) in [6.45, 7) is 6.31. The Morgan fingerprint density at radius 3 is 2.44 bits per heavy atom. The number of nitrogens with one attached hydrogen (secondary N) is 1. The molecule has 1 aliphatic rings. The molecule has 0 aliphatic heterocycles. The third-order valence-electron chi connectivity index (χ3n) is 4.18. The van der Waals surface area contributed by atoms with Gasteiger partial charge in [-0.25, -0.2) is 0 Å². The molecule has 0 aromatic heterocycles. The van der Waals surface area contributed by atoms with Crippen LogP contribution in [0.4, 0.5) is 0 Å². The van der Waals surface area contributed by atoms with Crippen molar-refractivity contribution in [3.05, 3.63) is 0 Å². The van der Waals surface area contributed by atoms with E-state index in [2.05, 4.69) is 24.1 Å². The van der Waals surface area contributed by atoms with Crippen molar-refractivity contribution in [2.24, 2.45) is 11.1 Å². The smallest absolute Gasteiger partial charge is 0.237 e. The molecule has 1 fully saturated rings. The minimum absolute atomic E-state index is 0.182. The third kappa shape index (κ3) is 4.25. The van der Waals surface area contributed by atoms with E-state index in [-0.39, 0.29) is 5.91 Å². The molecule has 4 nitrogen and oxygen atoms in total. The van der Waals surface area contributed by atoms with E-state index in [1.165, 1.54) is 6.42 Å². The molecule has 0 bridgehead atoms. The zero-order chi connectivity index (χ0) is 13.8. The van der Waals surface area contributed by atoms with E-state index >= 15 is 0 Å². The summed E-state index contributed by atoms with van der Waals surface area (Å²) in [4.78, 5) is 14.0. The standard InChI is InChI=1S/C14H29N3O/c1-13(2)6-5-7-14(9-8-13,12(15)18)16-10-11-17(3)4/h16H,5-11H2,1-4H3,(H2,15,18). The van der Waals surface area contributed by atoms with Crippen molar-refractivity contribution < 1.29 is 4.79 Å². The molecule has 18 heavy (non-hydrogen) atoms. The van der Waals surface area contributed by atoms with Crippen molar-refractivity contribution in [2.45, 2.75) is 51.5 Å². The van der Waals surface area contributed by atoms with E-state index < -0.39 is 5.54 Å². The Bertz CT molecular complexity index is 289. The van der Waals surface area contributed by atoms with Crippen LogP contribution < -0.4 is 11.1 Å². The van der Waals surface area contributed by atoms with Crippen LogP contribution in [-0.4, -0.2) is 43.5 Å². The predicted octanol–water partition coefficient (Wildman–Crippen LogP) is 1.35. The average molecular weight is 255 g/mol. The first-order valence-corrected chi connectivity index (χ1v) is 6.97. The van der Waals surface area contributed by atoms with Crippen molar-refractivity contribution in [3.63, 3.8) is 0 Å². The van der Waals surface area contributed by atoms with Gasteiger partial charge in [0.2, 0.25) is 5.91 Å². The minimum atomic E-state index is -0.482. The van der Waals surface area contributed by atoms with Gasteiger partial charge in [-0.05, 0) is 45.2 Å². The van der Waals surface area contributed by atoms with Crippen molar-refractivity contribution in [2.75, 3.05) is 27.2 Å². The fourth-order valence-corrected chi connectivity index (χ4v) is 2.70. The fraction of sp³-hybridized carbons (Fsp3) is 0.929. The number of hydrogen-bond acceptors (Lipinski definition) is 3. The van der Waals surface area contributed by atoms with Crippen molar-refractivity contribution in [3.8, 4) is 0 Å². The first kappa shape index (κ1) is 15.4. The van der Waals surface area contributed by atoms with E-state index in [0.717, 1.165) is 38.8 Å². The molecule has 1 aliphatic carbocycles. The molecular formula is C14H29N3O. The van der Waals surface area contributed by atoms with Crippen molar-refractivity contribution >= 4 is 5.91 Å². The molecule has 0 aromatic carbocycles. The van der Waals surface area contributed by atoms with Crippen molar-refractivity contribution in [1.29, 1.82) is 0 Å². The maximum Gasteiger partial charge on any atom is 0.237 e. The van der Waals surface area contributed by atoms with Gasteiger partial charge in [-0.2, -0.15) is 0 Å². The highest BCUT2D eigenvalue weighted by Crippen LogP contribution is 2.37. The Labute approximate surface area is 111 Å². The monoisotopic (exact) mass is 255 g/mol. The summed E-state index contributed by atoms with van der Waals surface area (Å²) in [7, 11) is 4.07. The molecule has 0 heterocycles. The molecule has 4 heteroatoms. The number of likely N-dealkylation sites (N-methyl/N-ethyl adjacent to an activating group) is 1. The number of rotatable bonds is 5. The number of primary amides is 1. The van der Waals surface area contributed by atoms with E-state index in [9.17, 15) is 4.79 Å². The lowest BCUT2D eigenvalue weighted by molar-refractivity contribution is -0.125. The molecule has 1 amide bonds. The van der Waals surface area contributed by atoms with E-state index in [1.807, 2.05) is 14.1 Å². The van der Waals surface area contributed by atoms with Crippen LogP contribution in [0.25, 0.3) is 0 Å². The molecule has 0 radical (unpaired) electrons. The average Bonchev–Trinajstić information content (AvgIpc) is 2.38. The molecule has 1 rings (SSSR count). The van der Waals surface area contributed by atoms with Crippen LogP contribution in [0.2, 0.25) is 0 Å². The van der Waals surface area contributed by atoms with E-state index in [4.69, 9.17) is 5.73 Å². The first-order chi connectivity index (χ1) is 8.27. The van der Waals surface area contributed by atoms with Gasteiger partial charge in [0.05, 0.1) is 5.54 Å². The van der Waals surface area contributed by atoms with Gasteiger partial charge in [-0.3, -0.25) is 4.79 Å². The first-order valence-electron chi connectivity index (χ1n) is 6.97. The largest absolute Gasteiger partial charge is 0.368 e. The number of carbonyl (C=O) groups is 1. The van der Waals surface area contributed by atoms with Crippen LogP contribution in [0, 0.1) is 5.41 Å². The summed E-state index contributed by atoms with van der Waals surface area (Å²) in [6, 6.07) is 0. The zero-order valence-electron chi connectivity index (χ0n) is 12.4. The second kappa shape index (κ2) is 6.02. The topological polar surface area (TPSA) is 58.4 Å². The van der Waals surface area contributed by atoms with Gasteiger partial charge >= 0.3 is 0 Å². The number of nitrogens with zero attached hydrogens (tertiary/aromatic N) is 1. The van der Waals surface area contributed by atoms with Gasteiger partial charge < -0.3 is 16.0 Å². The minimum Gasteiger partial charge on any atom is -0.368 e. The van der Waals surface area contributed by atoms with Crippen LogP contribution >= 0.6 is 0 Å². The second-order valence-corrected chi connectivity index (χ2v) is 6.69. The maximum atomic E-state index is 11.9. The fourth-order valence-electron chi connectivity index (χ4n) is 2.70. The number of carbonyl (C=O) groups excluding carboxylic acids is 1. The summed E-state index contributed by atoms with van der Waals surface area (Å²) < 4.78 is 0. The van der Waals surface area contributed by atoms with Crippen LogP contribution in [0.3, 0.4) is 0 Å². The van der Waals surface area contributed by atoms with Crippen LogP contribution in [-0.2, 0) is 4.79 Å². The normalized spacial score (nSPS) is 28.1. The molecule has 106 valence electrons. The molecular weight excluding hydrogens is 226 g/mol. The summed E-state index contributed by atoms with van der Waals surface area (Å²) in [5, 5.41) is 3.43. The Balaban J connectivity index is 2.65. The van der Waals surface area contributed by atoms with E-state index in [1.54, 1.807) is 0 Å². The van der Waals surface area contributed by atoms with Crippen molar-refractivity contribution in [1.82, 2.24) is 10.2 Å². The Morgan fingerprint density at radius 1 is 1.22 bits per heavy atom. The quantitative estimate of drug-likeness (QED) is 0.729. The van der Waals surface area contributed by atoms with Gasteiger partial charge in [0.15, 0.2) is 0 Å². The highest BCUT2D eigenvalue weighted by Gasteiger charge is 2.39. The molecule has 0 saturated heterocycles. The molecule has 3 N–H and O–H groups in total. The molecule has 0 spiro atoms. The predicted molar refractivity (Wildman–Crippen MR) is 75.3 cm³/mol. The SMILES string of the molecule is CN(C)CCNC1(C(N)=O)CCCC(C)(C)CC1. The second-order valence-electron chi connectivity index (χ2n) is 6.69. The molecule has 1 atom stereocenters. The van der Waals surface area contributed by atoms with Gasteiger partial charge in [0.25, 0.3) is 0 Å². The molecule has 0 aromatic rings. The summed E-state index contributed by atoms with van der Waals surface area (Å²) in [5.41, 5.74) is 5.51. The van der Waals surface area contributed by atoms with Gasteiger partial charge in [-0.15, -0.1) is 0 Å². The lowest BCUT2D eigenvalue weighted by Gasteiger charge is -2.32. The number of nitrogens with two attached hydrogens (primary N) is 1.